The van der Waals surface area contributed by atoms with Crippen LogP contribution in [-0.2, 0) is 13.1 Å². The van der Waals surface area contributed by atoms with Gasteiger partial charge in [0, 0.05) is 13.1 Å². The van der Waals surface area contributed by atoms with Crippen LogP contribution in [0, 0.1) is 0 Å². The Morgan fingerprint density at radius 1 is 0.515 bits per heavy atom. The van der Waals surface area contributed by atoms with Crippen molar-refractivity contribution in [2.75, 3.05) is 6.54 Å². The van der Waals surface area contributed by atoms with Crippen LogP contribution in [-0.4, -0.2) is 11.4 Å². The molecule has 0 aliphatic carbocycles. The molecule has 0 unspecified atom stereocenters. The van der Waals surface area contributed by atoms with Crippen LogP contribution in [0.5, 0.6) is 0 Å². The van der Waals surface area contributed by atoms with Crippen molar-refractivity contribution >= 4 is 0 Å². The molecule has 0 saturated heterocycles. The van der Waals surface area contributed by atoms with Crippen molar-refractivity contribution in [3.8, 4) is 0 Å². The van der Waals surface area contributed by atoms with Gasteiger partial charge in [-0.25, -0.2) is 0 Å². The number of hydrogen-bond acceptors (Lipinski definition) is 1. The van der Waals surface area contributed by atoms with Crippen LogP contribution >= 0.6 is 0 Å². The van der Waals surface area contributed by atoms with Crippen LogP contribution < -0.4 is 0 Å². The van der Waals surface area contributed by atoms with E-state index in [1.54, 1.807) is 0 Å². The molecule has 33 heavy (non-hydrogen) atoms. The van der Waals surface area contributed by atoms with Gasteiger partial charge < -0.3 is 0 Å². The molecule has 0 aliphatic heterocycles. The van der Waals surface area contributed by atoms with Gasteiger partial charge in [0.1, 0.15) is 0 Å². The zero-order valence-corrected chi connectivity index (χ0v) is 21.4. The zero-order chi connectivity index (χ0) is 23.2. The topological polar surface area (TPSA) is 3.24 Å². The van der Waals surface area contributed by atoms with Gasteiger partial charge in [-0.3, -0.25) is 4.90 Å². The Morgan fingerprint density at radius 3 is 1.42 bits per heavy atom. The lowest BCUT2D eigenvalue weighted by molar-refractivity contribution is 0.250. The van der Waals surface area contributed by atoms with Gasteiger partial charge in [-0.05, 0) is 49.8 Å². The van der Waals surface area contributed by atoms with Gasteiger partial charge in [-0.2, -0.15) is 0 Å². The second kappa shape index (κ2) is 19.6. The molecule has 0 radical (unpaired) electrons. The van der Waals surface area contributed by atoms with Crippen LogP contribution in [0.2, 0.25) is 0 Å². The maximum atomic E-state index is 2.60. The fourth-order valence-corrected chi connectivity index (χ4v) is 4.48. The van der Waals surface area contributed by atoms with Gasteiger partial charge in [0.2, 0.25) is 0 Å². The summed E-state index contributed by atoms with van der Waals surface area (Å²) in [5.41, 5.74) is 2.82. The van der Waals surface area contributed by atoms with Crippen molar-refractivity contribution in [1.82, 2.24) is 4.90 Å². The first kappa shape index (κ1) is 27.4. The summed E-state index contributed by atoms with van der Waals surface area (Å²) in [6, 6.07) is 21.8. The average Bonchev–Trinajstić information content (AvgIpc) is 2.85. The molecule has 0 bridgehead atoms. The highest BCUT2D eigenvalue weighted by Crippen LogP contribution is 2.13. The molecule has 1 nitrogen and oxygen atoms in total. The van der Waals surface area contributed by atoms with Gasteiger partial charge >= 0.3 is 0 Å². The average molecular weight is 448 g/mol. The molecule has 2 rings (SSSR count). The number of allylic oxidation sites excluding steroid dienone is 2. The van der Waals surface area contributed by atoms with E-state index in [2.05, 4.69) is 84.6 Å². The van der Waals surface area contributed by atoms with Crippen molar-refractivity contribution in [1.29, 1.82) is 0 Å². The first-order valence-electron chi connectivity index (χ1n) is 13.8. The minimum absolute atomic E-state index is 1.04. The van der Waals surface area contributed by atoms with Crippen molar-refractivity contribution in [3.05, 3.63) is 83.9 Å². The number of unbranched alkanes of at least 4 members (excludes halogenated alkanes) is 12. The summed E-state index contributed by atoms with van der Waals surface area (Å²) >= 11 is 0. The smallest absolute Gasteiger partial charge is 0.0237 e. The molecule has 0 aromatic heterocycles. The van der Waals surface area contributed by atoms with E-state index in [0.717, 1.165) is 13.1 Å². The Morgan fingerprint density at radius 2 is 0.939 bits per heavy atom. The van der Waals surface area contributed by atoms with Crippen LogP contribution in [0.15, 0.2) is 72.8 Å². The minimum Gasteiger partial charge on any atom is -0.295 e. The zero-order valence-electron chi connectivity index (χ0n) is 21.4. The van der Waals surface area contributed by atoms with Crippen molar-refractivity contribution < 1.29 is 0 Å². The van der Waals surface area contributed by atoms with Gasteiger partial charge in [-0.15, -0.1) is 0 Å². The molecule has 0 fully saturated rings. The van der Waals surface area contributed by atoms with E-state index in [0.29, 0.717) is 0 Å². The van der Waals surface area contributed by atoms with Crippen LogP contribution in [0.25, 0.3) is 0 Å². The second-order valence-corrected chi connectivity index (χ2v) is 9.62. The molecular formula is C32H49N. The van der Waals surface area contributed by atoms with Crippen LogP contribution in [0.3, 0.4) is 0 Å². The van der Waals surface area contributed by atoms with E-state index in [1.807, 2.05) is 0 Å². The Hall–Kier alpha value is -1.86. The predicted molar refractivity (Wildman–Crippen MR) is 146 cm³/mol. The Balaban J connectivity index is 1.51. The van der Waals surface area contributed by atoms with Gasteiger partial charge in [-0.1, -0.05) is 138 Å². The second-order valence-electron chi connectivity index (χ2n) is 9.62. The molecule has 0 heterocycles. The van der Waals surface area contributed by atoms with Gasteiger partial charge in [0.05, 0.1) is 0 Å². The minimum atomic E-state index is 1.04. The fraction of sp³-hybridized carbons (Fsp3) is 0.562. The first-order valence-corrected chi connectivity index (χ1v) is 13.8. The maximum absolute atomic E-state index is 2.60. The molecular weight excluding hydrogens is 398 g/mol. The number of hydrogen-bond donors (Lipinski definition) is 0. The standard InChI is InChI=1S/C32H49N/c1-2-3-4-5-6-7-8-9-10-11-12-13-14-15-16-23-28-33(29-31-24-19-17-20-25-31)30-32-26-21-18-22-27-32/h12-13,17-22,24-27H,2-11,14-16,23,28-30H2,1H3/b13-12+. The fourth-order valence-electron chi connectivity index (χ4n) is 4.48. The summed E-state index contributed by atoms with van der Waals surface area (Å²) in [6.45, 7) is 5.54. The van der Waals surface area contributed by atoms with E-state index < -0.39 is 0 Å². The molecule has 0 N–H and O–H groups in total. The third kappa shape index (κ3) is 14.8. The van der Waals surface area contributed by atoms with E-state index >= 15 is 0 Å². The SMILES string of the molecule is CCCCCCCCCCC/C=C/CCCCCN(Cc1ccccc1)Cc1ccccc1. The van der Waals surface area contributed by atoms with E-state index in [9.17, 15) is 0 Å². The van der Waals surface area contributed by atoms with Crippen LogP contribution in [0.1, 0.15) is 108 Å². The molecule has 182 valence electrons. The van der Waals surface area contributed by atoms with E-state index in [-0.39, 0.29) is 0 Å². The lowest BCUT2D eigenvalue weighted by Crippen LogP contribution is -2.24. The highest BCUT2D eigenvalue weighted by atomic mass is 15.1. The molecule has 1 heteroatoms. The highest BCUT2D eigenvalue weighted by molar-refractivity contribution is 5.17. The summed E-state index contributed by atoms with van der Waals surface area (Å²) in [6.07, 6.45) is 24.1. The number of rotatable bonds is 20. The summed E-state index contributed by atoms with van der Waals surface area (Å²) in [5.74, 6) is 0. The molecule has 2 aromatic rings. The Labute approximate surface area is 205 Å². The third-order valence-corrected chi connectivity index (χ3v) is 6.48. The van der Waals surface area contributed by atoms with E-state index in [1.165, 1.54) is 108 Å². The third-order valence-electron chi connectivity index (χ3n) is 6.48. The normalized spacial score (nSPS) is 11.6. The predicted octanol–water partition coefficient (Wildman–Crippen LogP) is 9.73. The Kier molecular flexibility index (Phi) is 16.3. The highest BCUT2D eigenvalue weighted by Gasteiger charge is 2.07. The van der Waals surface area contributed by atoms with Crippen molar-refractivity contribution in [2.24, 2.45) is 0 Å². The van der Waals surface area contributed by atoms with Crippen molar-refractivity contribution in [3.63, 3.8) is 0 Å². The molecule has 0 amide bonds. The van der Waals surface area contributed by atoms with Gasteiger partial charge in [0.25, 0.3) is 0 Å². The summed E-state index contributed by atoms with van der Waals surface area (Å²) in [4.78, 5) is 2.60. The molecule has 0 atom stereocenters. The molecule has 0 aliphatic rings. The molecule has 0 saturated carbocycles. The lowest BCUT2D eigenvalue weighted by Gasteiger charge is -2.22. The van der Waals surface area contributed by atoms with Crippen LogP contribution in [0.4, 0.5) is 0 Å². The Bertz CT molecular complexity index is 649. The summed E-state index contributed by atoms with van der Waals surface area (Å²) < 4.78 is 0. The van der Waals surface area contributed by atoms with Gasteiger partial charge in [0.15, 0.2) is 0 Å². The number of nitrogens with zero attached hydrogens (tertiary/aromatic N) is 1. The monoisotopic (exact) mass is 447 g/mol. The quantitative estimate of drug-likeness (QED) is 0.144. The first-order chi connectivity index (χ1) is 16.4. The summed E-state index contributed by atoms with van der Waals surface area (Å²) in [7, 11) is 0. The molecule has 2 aromatic carbocycles. The maximum Gasteiger partial charge on any atom is 0.0237 e. The summed E-state index contributed by atoms with van der Waals surface area (Å²) in [5, 5.41) is 0. The largest absolute Gasteiger partial charge is 0.295 e. The van der Waals surface area contributed by atoms with E-state index in [4.69, 9.17) is 0 Å². The molecule has 0 spiro atoms. The lowest BCUT2D eigenvalue weighted by atomic mass is 10.1. The van der Waals surface area contributed by atoms with Crippen molar-refractivity contribution in [2.45, 2.75) is 110 Å². The number of benzene rings is 2.